The predicted octanol–water partition coefficient (Wildman–Crippen LogP) is -1.26. The molecule has 0 saturated heterocycles. The molecule has 0 radical (unpaired) electrons. The molecule has 1 rings (SSSR count). The molecule has 0 bridgehead atoms. The van der Waals surface area contributed by atoms with Crippen molar-refractivity contribution in [2.24, 2.45) is 0 Å². The van der Waals surface area contributed by atoms with E-state index in [-0.39, 0.29) is 5.75 Å². The maximum absolute atomic E-state index is 11.6. The highest BCUT2D eigenvalue weighted by Gasteiger charge is 2.31. The van der Waals surface area contributed by atoms with Crippen molar-refractivity contribution >= 4 is 11.9 Å². The van der Waals surface area contributed by atoms with Crippen LogP contribution >= 0.6 is 0 Å². The zero-order chi connectivity index (χ0) is 16.2. The minimum atomic E-state index is -2.25. The zero-order valence-corrected chi connectivity index (χ0v) is 11.2. The standard InChI is InChI=1S/C13H17NO7/c1-6(9(16)7-3-2-4-8(15)5-7)14-12(19)10(17)11(18)13(20)21/h2-6,9-11,15-18H,1H3,(H,14,19)(H,20,21)/t6-,9-,10?,11?/m0/s1. The summed E-state index contributed by atoms with van der Waals surface area (Å²) in [5.41, 5.74) is 0.330. The molecule has 0 heterocycles. The first-order valence-electron chi connectivity index (χ1n) is 6.10. The van der Waals surface area contributed by atoms with Crippen LogP contribution in [0.25, 0.3) is 0 Å². The number of aromatic hydroxyl groups is 1. The van der Waals surface area contributed by atoms with E-state index in [1.807, 2.05) is 0 Å². The third-order valence-corrected chi connectivity index (χ3v) is 2.88. The molecule has 1 amide bonds. The first-order valence-corrected chi connectivity index (χ1v) is 6.10. The number of carbonyl (C=O) groups excluding carboxylic acids is 1. The fourth-order valence-electron chi connectivity index (χ4n) is 1.66. The Morgan fingerprint density at radius 1 is 1.14 bits per heavy atom. The van der Waals surface area contributed by atoms with Crippen LogP contribution in [0.4, 0.5) is 0 Å². The summed E-state index contributed by atoms with van der Waals surface area (Å²) in [7, 11) is 0. The molecule has 2 unspecified atom stereocenters. The number of hydrogen-bond acceptors (Lipinski definition) is 6. The first kappa shape index (κ1) is 16.9. The van der Waals surface area contributed by atoms with E-state index >= 15 is 0 Å². The van der Waals surface area contributed by atoms with Crippen LogP contribution in [0.2, 0.25) is 0 Å². The summed E-state index contributed by atoms with van der Waals surface area (Å²) in [4.78, 5) is 22.0. The van der Waals surface area contributed by atoms with E-state index in [1.165, 1.54) is 31.2 Å². The molecule has 0 aromatic heterocycles. The lowest BCUT2D eigenvalue weighted by Gasteiger charge is -2.23. The normalized spacial score (nSPS) is 16.6. The van der Waals surface area contributed by atoms with Crippen LogP contribution in [-0.2, 0) is 9.59 Å². The second kappa shape index (κ2) is 7.02. The molecule has 0 fully saturated rings. The minimum Gasteiger partial charge on any atom is -0.508 e. The fraction of sp³-hybridized carbons (Fsp3) is 0.385. The number of carboxylic acid groups (broad SMARTS) is 1. The smallest absolute Gasteiger partial charge is 0.335 e. The number of rotatable bonds is 6. The molecule has 0 saturated carbocycles. The number of carboxylic acids is 1. The van der Waals surface area contributed by atoms with Gasteiger partial charge in [0.2, 0.25) is 0 Å². The Hall–Kier alpha value is -2.16. The Morgan fingerprint density at radius 3 is 2.29 bits per heavy atom. The van der Waals surface area contributed by atoms with E-state index in [0.717, 1.165) is 0 Å². The van der Waals surface area contributed by atoms with Gasteiger partial charge >= 0.3 is 5.97 Å². The molecule has 0 aliphatic rings. The highest BCUT2D eigenvalue weighted by Crippen LogP contribution is 2.20. The summed E-state index contributed by atoms with van der Waals surface area (Å²) < 4.78 is 0. The zero-order valence-electron chi connectivity index (χ0n) is 11.2. The number of hydrogen-bond donors (Lipinski definition) is 6. The highest BCUT2D eigenvalue weighted by molar-refractivity contribution is 5.87. The van der Waals surface area contributed by atoms with Crippen molar-refractivity contribution in [1.82, 2.24) is 5.32 Å². The summed E-state index contributed by atoms with van der Waals surface area (Å²) in [5, 5.41) is 48.4. The Bertz CT molecular complexity index is 519. The number of amides is 1. The third kappa shape index (κ3) is 4.42. The number of phenols is 1. The van der Waals surface area contributed by atoms with Crippen molar-refractivity contribution in [2.45, 2.75) is 31.3 Å². The van der Waals surface area contributed by atoms with Gasteiger partial charge in [0.25, 0.3) is 5.91 Å². The molecule has 8 nitrogen and oxygen atoms in total. The summed E-state index contributed by atoms with van der Waals surface area (Å²) in [5.74, 6) is -2.93. The van der Waals surface area contributed by atoms with E-state index in [1.54, 1.807) is 0 Å². The van der Waals surface area contributed by atoms with Gasteiger partial charge in [0.1, 0.15) is 5.75 Å². The number of carbonyl (C=O) groups is 2. The molecule has 1 aromatic rings. The van der Waals surface area contributed by atoms with E-state index in [0.29, 0.717) is 5.56 Å². The molecule has 0 spiro atoms. The second-order valence-electron chi connectivity index (χ2n) is 4.56. The topological polar surface area (TPSA) is 147 Å². The molecule has 21 heavy (non-hydrogen) atoms. The van der Waals surface area contributed by atoms with E-state index < -0.39 is 36.2 Å². The van der Waals surface area contributed by atoms with Gasteiger partial charge in [-0.05, 0) is 24.6 Å². The lowest BCUT2D eigenvalue weighted by Crippen LogP contribution is -2.49. The third-order valence-electron chi connectivity index (χ3n) is 2.88. The fourth-order valence-corrected chi connectivity index (χ4v) is 1.66. The average Bonchev–Trinajstić information content (AvgIpc) is 2.44. The number of aliphatic hydroxyl groups is 3. The quantitative estimate of drug-likeness (QED) is 0.384. The van der Waals surface area contributed by atoms with Crippen molar-refractivity contribution < 1.29 is 35.1 Å². The lowest BCUT2D eigenvalue weighted by atomic mass is 10.0. The van der Waals surface area contributed by atoms with Gasteiger partial charge in [-0.3, -0.25) is 4.79 Å². The van der Waals surface area contributed by atoms with Crippen molar-refractivity contribution in [3.05, 3.63) is 29.8 Å². The van der Waals surface area contributed by atoms with Gasteiger partial charge in [0.05, 0.1) is 12.1 Å². The summed E-state index contributed by atoms with van der Waals surface area (Å²) in [6.45, 7) is 1.42. The van der Waals surface area contributed by atoms with Gasteiger partial charge in [-0.25, -0.2) is 4.79 Å². The molecule has 6 N–H and O–H groups in total. The SMILES string of the molecule is C[C@H](NC(=O)C(O)C(O)C(=O)O)[C@H](O)c1cccc(O)c1. The molecular formula is C13H17NO7. The van der Waals surface area contributed by atoms with Gasteiger partial charge in [-0.15, -0.1) is 0 Å². The van der Waals surface area contributed by atoms with Crippen LogP contribution in [0.3, 0.4) is 0 Å². The van der Waals surface area contributed by atoms with E-state index in [9.17, 15) is 24.9 Å². The first-order chi connectivity index (χ1) is 9.73. The van der Waals surface area contributed by atoms with Crippen LogP contribution in [-0.4, -0.2) is 55.7 Å². The molecular weight excluding hydrogens is 282 g/mol. The van der Waals surface area contributed by atoms with Crippen LogP contribution in [0.15, 0.2) is 24.3 Å². The molecule has 1 aromatic carbocycles. The van der Waals surface area contributed by atoms with Crippen LogP contribution in [0.5, 0.6) is 5.75 Å². The Labute approximate surface area is 120 Å². The highest BCUT2D eigenvalue weighted by atomic mass is 16.4. The van der Waals surface area contributed by atoms with Crippen LogP contribution < -0.4 is 5.32 Å². The van der Waals surface area contributed by atoms with Gasteiger partial charge in [-0.2, -0.15) is 0 Å². The van der Waals surface area contributed by atoms with Crippen molar-refractivity contribution in [2.75, 3.05) is 0 Å². The number of aliphatic hydroxyl groups excluding tert-OH is 3. The monoisotopic (exact) mass is 299 g/mol. The maximum atomic E-state index is 11.6. The Balaban J connectivity index is 2.70. The lowest BCUT2D eigenvalue weighted by molar-refractivity contribution is -0.158. The number of aliphatic carboxylic acids is 1. The minimum absolute atomic E-state index is 0.0635. The van der Waals surface area contributed by atoms with Crippen molar-refractivity contribution in [3.8, 4) is 5.75 Å². The summed E-state index contributed by atoms with van der Waals surface area (Å²) >= 11 is 0. The summed E-state index contributed by atoms with van der Waals surface area (Å²) in [6.07, 6.45) is -5.59. The van der Waals surface area contributed by atoms with Crippen LogP contribution in [0, 0.1) is 0 Å². The van der Waals surface area contributed by atoms with Crippen LogP contribution in [0.1, 0.15) is 18.6 Å². The molecule has 8 heteroatoms. The number of benzene rings is 1. The molecule has 116 valence electrons. The van der Waals surface area contributed by atoms with Crippen molar-refractivity contribution in [3.63, 3.8) is 0 Å². The van der Waals surface area contributed by atoms with Gasteiger partial charge in [0.15, 0.2) is 12.2 Å². The van der Waals surface area contributed by atoms with Gasteiger partial charge < -0.3 is 30.8 Å². The van der Waals surface area contributed by atoms with E-state index in [4.69, 9.17) is 10.2 Å². The molecule has 0 aliphatic heterocycles. The molecule has 0 aliphatic carbocycles. The number of nitrogens with one attached hydrogen (secondary N) is 1. The Morgan fingerprint density at radius 2 is 1.76 bits per heavy atom. The average molecular weight is 299 g/mol. The number of phenolic OH excluding ortho intramolecular Hbond substituents is 1. The largest absolute Gasteiger partial charge is 0.508 e. The Kier molecular flexibility index (Phi) is 5.65. The molecule has 4 atom stereocenters. The maximum Gasteiger partial charge on any atom is 0.335 e. The predicted molar refractivity (Wildman–Crippen MR) is 70.3 cm³/mol. The van der Waals surface area contributed by atoms with Crippen molar-refractivity contribution in [1.29, 1.82) is 0 Å². The summed E-state index contributed by atoms with van der Waals surface area (Å²) in [6, 6.07) is 4.86. The van der Waals surface area contributed by atoms with E-state index in [2.05, 4.69) is 5.32 Å². The van der Waals surface area contributed by atoms with Gasteiger partial charge in [0, 0.05) is 0 Å². The van der Waals surface area contributed by atoms with Gasteiger partial charge in [-0.1, -0.05) is 12.1 Å². The second-order valence-corrected chi connectivity index (χ2v) is 4.56.